The number of nitrogens with zero attached hydrogens (tertiary/aromatic N) is 3. The SMILES string of the molecule is CC1CCCN(Cc2nnc(-c3ccc(Br)s3)o2)C1. The second-order valence-electron chi connectivity index (χ2n) is 5.09. The van der Waals surface area contributed by atoms with Gasteiger partial charge in [0.05, 0.1) is 15.2 Å². The monoisotopic (exact) mass is 341 g/mol. The molecule has 0 radical (unpaired) electrons. The average molecular weight is 342 g/mol. The zero-order valence-corrected chi connectivity index (χ0v) is 13.2. The van der Waals surface area contributed by atoms with Crippen LogP contribution in [0.4, 0.5) is 0 Å². The number of halogens is 1. The van der Waals surface area contributed by atoms with Gasteiger partial charge in [-0.3, -0.25) is 4.90 Å². The maximum absolute atomic E-state index is 5.75. The van der Waals surface area contributed by atoms with Crippen molar-refractivity contribution in [3.8, 4) is 10.8 Å². The summed E-state index contributed by atoms with van der Waals surface area (Å²) in [5, 5.41) is 8.28. The average Bonchev–Trinajstić information content (AvgIpc) is 2.98. The standard InChI is InChI=1S/C13H16BrN3OS/c1-9-3-2-6-17(7-9)8-12-15-16-13(18-12)10-4-5-11(14)19-10/h4-5,9H,2-3,6-8H2,1H3. The van der Waals surface area contributed by atoms with Gasteiger partial charge in [-0.2, -0.15) is 0 Å². The Balaban J connectivity index is 1.68. The van der Waals surface area contributed by atoms with Crippen molar-refractivity contribution in [2.45, 2.75) is 26.3 Å². The highest BCUT2D eigenvalue weighted by Gasteiger charge is 2.19. The number of aromatic nitrogens is 2. The number of rotatable bonds is 3. The van der Waals surface area contributed by atoms with Crippen LogP contribution in [0.1, 0.15) is 25.7 Å². The molecule has 0 amide bonds. The van der Waals surface area contributed by atoms with Gasteiger partial charge in [-0.25, -0.2) is 0 Å². The van der Waals surface area contributed by atoms with Crippen molar-refractivity contribution in [2.75, 3.05) is 13.1 Å². The summed E-state index contributed by atoms with van der Waals surface area (Å²) < 4.78 is 6.82. The van der Waals surface area contributed by atoms with E-state index >= 15 is 0 Å². The molecule has 19 heavy (non-hydrogen) atoms. The van der Waals surface area contributed by atoms with Crippen LogP contribution >= 0.6 is 27.3 Å². The third-order valence-corrected chi connectivity index (χ3v) is 4.96. The molecule has 4 nitrogen and oxygen atoms in total. The van der Waals surface area contributed by atoms with Crippen molar-refractivity contribution in [1.82, 2.24) is 15.1 Å². The summed E-state index contributed by atoms with van der Waals surface area (Å²) in [6.07, 6.45) is 2.59. The Bertz CT molecular complexity index is 554. The molecule has 3 heterocycles. The molecule has 1 aliphatic heterocycles. The van der Waals surface area contributed by atoms with E-state index in [0.717, 1.165) is 34.2 Å². The van der Waals surface area contributed by atoms with Gasteiger partial charge in [0, 0.05) is 6.54 Å². The van der Waals surface area contributed by atoms with Crippen LogP contribution < -0.4 is 0 Å². The first-order chi connectivity index (χ1) is 9.20. The van der Waals surface area contributed by atoms with Crippen molar-refractivity contribution in [3.05, 3.63) is 21.8 Å². The molecule has 2 aromatic heterocycles. The van der Waals surface area contributed by atoms with Crippen molar-refractivity contribution in [2.24, 2.45) is 5.92 Å². The Kier molecular flexibility index (Phi) is 4.00. The van der Waals surface area contributed by atoms with Crippen LogP contribution in [-0.4, -0.2) is 28.2 Å². The molecule has 0 saturated carbocycles. The van der Waals surface area contributed by atoms with Gasteiger partial charge < -0.3 is 4.42 Å². The minimum Gasteiger partial charge on any atom is -0.419 e. The van der Waals surface area contributed by atoms with E-state index < -0.39 is 0 Å². The maximum Gasteiger partial charge on any atom is 0.257 e. The highest BCUT2D eigenvalue weighted by atomic mass is 79.9. The molecular formula is C13H16BrN3OS. The summed E-state index contributed by atoms with van der Waals surface area (Å²) in [5.74, 6) is 2.11. The molecule has 0 aliphatic carbocycles. The summed E-state index contributed by atoms with van der Waals surface area (Å²) in [4.78, 5) is 3.41. The zero-order valence-electron chi connectivity index (χ0n) is 10.8. The summed E-state index contributed by atoms with van der Waals surface area (Å²) in [5.41, 5.74) is 0. The summed E-state index contributed by atoms with van der Waals surface area (Å²) in [6, 6.07) is 3.99. The quantitative estimate of drug-likeness (QED) is 0.851. The van der Waals surface area contributed by atoms with Gasteiger partial charge in [-0.15, -0.1) is 21.5 Å². The summed E-state index contributed by atoms with van der Waals surface area (Å²) >= 11 is 5.05. The number of piperidine rings is 1. The third kappa shape index (κ3) is 3.24. The van der Waals surface area contributed by atoms with E-state index in [2.05, 4.69) is 38.0 Å². The Morgan fingerprint density at radius 1 is 1.47 bits per heavy atom. The van der Waals surface area contributed by atoms with Gasteiger partial charge in [0.2, 0.25) is 5.89 Å². The Morgan fingerprint density at radius 3 is 3.11 bits per heavy atom. The number of likely N-dealkylation sites (tertiary alicyclic amines) is 1. The molecule has 1 unspecified atom stereocenters. The van der Waals surface area contributed by atoms with Gasteiger partial charge in [0.1, 0.15) is 0 Å². The topological polar surface area (TPSA) is 42.2 Å². The normalized spacial score (nSPS) is 20.8. The molecule has 1 aliphatic rings. The van der Waals surface area contributed by atoms with E-state index in [1.807, 2.05) is 12.1 Å². The maximum atomic E-state index is 5.75. The van der Waals surface area contributed by atoms with E-state index in [-0.39, 0.29) is 0 Å². The fourth-order valence-corrected chi connectivity index (χ4v) is 3.78. The molecule has 1 fully saturated rings. The van der Waals surface area contributed by atoms with Crippen molar-refractivity contribution >= 4 is 27.3 Å². The number of hydrogen-bond acceptors (Lipinski definition) is 5. The molecule has 0 bridgehead atoms. The first-order valence-electron chi connectivity index (χ1n) is 6.51. The van der Waals surface area contributed by atoms with Crippen LogP contribution in [0.25, 0.3) is 10.8 Å². The lowest BCUT2D eigenvalue weighted by Gasteiger charge is -2.29. The van der Waals surface area contributed by atoms with E-state index in [1.165, 1.54) is 12.8 Å². The van der Waals surface area contributed by atoms with Gasteiger partial charge in [-0.05, 0) is 53.4 Å². The van der Waals surface area contributed by atoms with Crippen LogP contribution in [-0.2, 0) is 6.54 Å². The van der Waals surface area contributed by atoms with Crippen molar-refractivity contribution in [3.63, 3.8) is 0 Å². The fourth-order valence-electron chi connectivity index (χ4n) is 2.47. The first kappa shape index (κ1) is 13.3. The highest BCUT2D eigenvalue weighted by Crippen LogP contribution is 2.30. The van der Waals surface area contributed by atoms with Gasteiger partial charge in [-0.1, -0.05) is 6.92 Å². The molecule has 1 saturated heterocycles. The summed E-state index contributed by atoms with van der Waals surface area (Å²) in [7, 11) is 0. The fraction of sp³-hybridized carbons (Fsp3) is 0.538. The zero-order chi connectivity index (χ0) is 13.2. The third-order valence-electron chi connectivity index (χ3n) is 3.35. The first-order valence-corrected chi connectivity index (χ1v) is 8.12. The number of thiophene rings is 1. The molecular weight excluding hydrogens is 326 g/mol. The van der Waals surface area contributed by atoms with Crippen molar-refractivity contribution in [1.29, 1.82) is 0 Å². The van der Waals surface area contributed by atoms with Gasteiger partial charge >= 0.3 is 0 Å². The molecule has 6 heteroatoms. The number of hydrogen-bond donors (Lipinski definition) is 0. The minimum absolute atomic E-state index is 0.621. The van der Waals surface area contributed by atoms with Gasteiger partial charge in [0.15, 0.2) is 0 Å². The largest absolute Gasteiger partial charge is 0.419 e. The second kappa shape index (κ2) is 5.73. The molecule has 0 N–H and O–H groups in total. The molecule has 102 valence electrons. The van der Waals surface area contributed by atoms with E-state index in [0.29, 0.717) is 11.8 Å². The minimum atomic E-state index is 0.621. The smallest absolute Gasteiger partial charge is 0.257 e. The molecule has 3 rings (SSSR count). The van der Waals surface area contributed by atoms with E-state index in [1.54, 1.807) is 11.3 Å². The molecule has 0 spiro atoms. The Morgan fingerprint density at radius 2 is 2.37 bits per heavy atom. The highest BCUT2D eigenvalue weighted by molar-refractivity contribution is 9.11. The van der Waals surface area contributed by atoms with Crippen LogP contribution in [0.3, 0.4) is 0 Å². The lowest BCUT2D eigenvalue weighted by molar-refractivity contribution is 0.163. The molecule has 2 aromatic rings. The van der Waals surface area contributed by atoms with Crippen LogP contribution in [0, 0.1) is 5.92 Å². The Hall–Kier alpha value is -0.720. The lowest BCUT2D eigenvalue weighted by Crippen LogP contribution is -2.33. The van der Waals surface area contributed by atoms with Crippen LogP contribution in [0.15, 0.2) is 20.3 Å². The van der Waals surface area contributed by atoms with E-state index in [4.69, 9.17) is 4.42 Å². The van der Waals surface area contributed by atoms with Crippen molar-refractivity contribution < 1.29 is 4.42 Å². The van der Waals surface area contributed by atoms with Crippen LogP contribution in [0.5, 0.6) is 0 Å². The van der Waals surface area contributed by atoms with E-state index in [9.17, 15) is 0 Å². The van der Waals surface area contributed by atoms with Crippen LogP contribution in [0.2, 0.25) is 0 Å². The summed E-state index contributed by atoms with van der Waals surface area (Å²) in [6.45, 7) is 5.33. The lowest BCUT2D eigenvalue weighted by atomic mass is 10.0. The second-order valence-corrected chi connectivity index (χ2v) is 7.55. The predicted octanol–water partition coefficient (Wildman–Crippen LogP) is 3.79. The molecule has 1 atom stereocenters. The predicted molar refractivity (Wildman–Crippen MR) is 79.0 cm³/mol. The van der Waals surface area contributed by atoms with Gasteiger partial charge in [0.25, 0.3) is 5.89 Å². The Labute approximate surface area is 125 Å². The molecule has 0 aromatic carbocycles.